The second kappa shape index (κ2) is 9.51. The molecule has 3 heterocycles. The molecule has 40 heavy (non-hydrogen) atoms. The maximum Gasteiger partial charge on any atom is 0.310 e. The lowest BCUT2D eigenvalue weighted by Crippen LogP contribution is -2.37. The molecule has 4 atom stereocenters. The number of cyclic esters (lactones) is 1. The summed E-state index contributed by atoms with van der Waals surface area (Å²) in [6.07, 6.45) is 1.78. The number of hydrogen-bond acceptors (Lipinski definition) is 9. The number of ether oxygens (including phenoxy) is 6. The van der Waals surface area contributed by atoms with Gasteiger partial charge >= 0.3 is 5.97 Å². The average Bonchev–Trinajstić information content (AvgIpc) is 3.61. The quantitative estimate of drug-likeness (QED) is 0.336. The number of rotatable bonds is 6. The minimum Gasteiger partial charge on any atom is -0.493 e. The van der Waals surface area contributed by atoms with Gasteiger partial charge in [-0.15, -0.1) is 0 Å². The van der Waals surface area contributed by atoms with Gasteiger partial charge in [0.15, 0.2) is 23.0 Å². The van der Waals surface area contributed by atoms with Crippen LogP contribution >= 0.6 is 0 Å². The Balaban J connectivity index is 1.40. The summed E-state index contributed by atoms with van der Waals surface area (Å²) in [5.41, 5.74) is 4.62. The van der Waals surface area contributed by atoms with Crippen LogP contribution in [0.25, 0.3) is 10.9 Å². The number of aromatic nitrogens is 1. The van der Waals surface area contributed by atoms with E-state index in [1.54, 1.807) is 27.5 Å². The number of carbonyl (C=O) groups excluding carboxylic acids is 1. The molecule has 2 aliphatic heterocycles. The second-order valence-corrected chi connectivity index (χ2v) is 10.1. The van der Waals surface area contributed by atoms with E-state index in [4.69, 9.17) is 28.4 Å². The van der Waals surface area contributed by atoms with Crippen LogP contribution in [-0.2, 0) is 9.53 Å². The van der Waals surface area contributed by atoms with Crippen molar-refractivity contribution in [2.24, 2.45) is 11.8 Å². The van der Waals surface area contributed by atoms with E-state index in [0.29, 0.717) is 35.4 Å². The zero-order valence-electron chi connectivity index (χ0n) is 22.3. The molecule has 0 spiro atoms. The fourth-order valence-electron chi connectivity index (χ4n) is 6.36. The summed E-state index contributed by atoms with van der Waals surface area (Å²) in [5.74, 6) is 1.68. The molecule has 1 aromatic heterocycles. The van der Waals surface area contributed by atoms with Gasteiger partial charge in [-0.25, -0.2) is 0 Å². The molecule has 7 rings (SSSR count). The van der Waals surface area contributed by atoms with Gasteiger partial charge in [-0.3, -0.25) is 9.78 Å². The highest BCUT2D eigenvalue weighted by Crippen LogP contribution is 2.56. The second-order valence-electron chi connectivity index (χ2n) is 10.1. The van der Waals surface area contributed by atoms with Crippen LogP contribution in [0.2, 0.25) is 0 Å². The van der Waals surface area contributed by atoms with E-state index in [1.165, 1.54) is 0 Å². The standard InChI is InChI=1S/C31H28N2O7/c1-35-25-9-17(10-26(36-2)30(25)37-3)27-19-12-23-24(40-15-39-23)13-20(19)29(21-14-38-31(34)28(21)27)33-18-7-6-16-5-4-8-32-22(16)11-18/h4-13,21,27-29,33H,14-15H2,1-3H3/t21-,27+,28-,29+/m0/s1. The van der Waals surface area contributed by atoms with Gasteiger partial charge in [-0.1, -0.05) is 12.1 Å². The fraction of sp³-hybridized carbons (Fsp3) is 0.290. The summed E-state index contributed by atoms with van der Waals surface area (Å²) in [5, 5.41) is 4.77. The molecule has 0 unspecified atom stereocenters. The number of carbonyl (C=O) groups is 1. The Bertz CT molecular complexity index is 1610. The van der Waals surface area contributed by atoms with Crippen molar-refractivity contribution in [3.05, 3.63) is 77.5 Å². The first kappa shape index (κ1) is 24.4. The van der Waals surface area contributed by atoms with Crippen LogP contribution in [0.1, 0.15) is 28.7 Å². The van der Waals surface area contributed by atoms with Gasteiger partial charge in [0.1, 0.15) is 0 Å². The third kappa shape index (κ3) is 3.76. The molecule has 3 aromatic carbocycles. The molecule has 0 bridgehead atoms. The predicted molar refractivity (Wildman–Crippen MR) is 147 cm³/mol. The van der Waals surface area contributed by atoms with Crippen molar-refractivity contribution >= 4 is 22.6 Å². The Labute approximate surface area is 230 Å². The highest BCUT2D eigenvalue weighted by Gasteiger charge is 2.52. The first-order valence-electron chi connectivity index (χ1n) is 13.1. The van der Waals surface area contributed by atoms with E-state index in [9.17, 15) is 4.79 Å². The van der Waals surface area contributed by atoms with Crippen molar-refractivity contribution < 1.29 is 33.2 Å². The van der Waals surface area contributed by atoms with Crippen LogP contribution in [0, 0.1) is 11.8 Å². The van der Waals surface area contributed by atoms with Crippen molar-refractivity contribution in [2.75, 3.05) is 40.0 Å². The lowest BCUT2D eigenvalue weighted by Gasteiger charge is -2.40. The van der Waals surface area contributed by atoms with Gasteiger partial charge in [0.2, 0.25) is 12.5 Å². The van der Waals surface area contributed by atoms with Crippen molar-refractivity contribution in [1.29, 1.82) is 0 Å². The van der Waals surface area contributed by atoms with Gasteiger partial charge in [0.05, 0.1) is 45.4 Å². The van der Waals surface area contributed by atoms with E-state index in [1.807, 2.05) is 54.6 Å². The fourth-order valence-corrected chi connectivity index (χ4v) is 6.36. The molecule has 1 saturated heterocycles. The van der Waals surface area contributed by atoms with Crippen LogP contribution in [0.5, 0.6) is 28.7 Å². The monoisotopic (exact) mass is 540 g/mol. The molecule has 9 heteroatoms. The Morgan fingerprint density at radius 3 is 2.35 bits per heavy atom. The summed E-state index contributed by atoms with van der Waals surface area (Å²) >= 11 is 0. The maximum absolute atomic E-state index is 13.4. The molecule has 0 amide bonds. The van der Waals surface area contributed by atoms with Crippen molar-refractivity contribution in [1.82, 2.24) is 4.98 Å². The first-order valence-corrected chi connectivity index (χ1v) is 13.1. The average molecular weight is 541 g/mol. The lowest BCUT2D eigenvalue weighted by molar-refractivity contribution is -0.141. The Morgan fingerprint density at radius 2 is 1.62 bits per heavy atom. The SMILES string of the molecule is COc1cc([C@@H]2c3cc4c(cc3[C@@H](Nc3ccc5cccnc5c3)[C@H]3COC(=O)[C@H]23)OCO4)cc(OC)c1OC. The molecule has 1 aliphatic carbocycles. The molecule has 3 aliphatic rings. The van der Waals surface area contributed by atoms with E-state index in [2.05, 4.69) is 10.3 Å². The van der Waals surface area contributed by atoms with Gasteiger partial charge in [0, 0.05) is 29.1 Å². The predicted octanol–water partition coefficient (Wildman–Crippen LogP) is 5.08. The van der Waals surface area contributed by atoms with Gasteiger partial charge in [0.25, 0.3) is 0 Å². The minimum atomic E-state index is -0.452. The number of esters is 1. The number of fused-ring (bicyclic) bond motifs is 4. The molecule has 0 radical (unpaired) electrons. The third-order valence-electron chi connectivity index (χ3n) is 8.16. The number of benzene rings is 3. The Kier molecular flexibility index (Phi) is 5.80. The summed E-state index contributed by atoms with van der Waals surface area (Å²) in [4.78, 5) is 18.0. The summed E-state index contributed by atoms with van der Waals surface area (Å²) in [7, 11) is 4.73. The molecule has 1 fully saturated rings. The summed E-state index contributed by atoms with van der Waals surface area (Å²) in [6.45, 7) is 0.443. The third-order valence-corrected chi connectivity index (χ3v) is 8.16. The molecule has 204 valence electrons. The number of nitrogens with zero attached hydrogens (tertiary/aromatic N) is 1. The number of anilines is 1. The van der Waals surface area contributed by atoms with Crippen molar-refractivity contribution in [3.63, 3.8) is 0 Å². The zero-order valence-corrected chi connectivity index (χ0v) is 22.3. The van der Waals surface area contributed by atoms with Crippen LogP contribution in [0.3, 0.4) is 0 Å². The van der Waals surface area contributed by atoms with E-state index in [0.717, 1.165) is 33.3 Å². The van der Waals surface area contributed by atoms with Gasteiger partial charge < -0.3 is 33.7 Å². The van der Waals surface area contributed by atoms with Crippen LogP contribution in [-0.4, -0.2) is 45.7 Å². The van der Waals surface area contributed by atoms with E-state index < -0.39 is 5.92 Å². The molecule has 0 saturated carbocycles. The van der Waals surface area contributed by atoms with E-state index >= 15 is 0 Å². The van der Waals surface area contributed by atoms with Crippen molar-refractivity contribution in [3.8, 4) is 28.7 Å². The Hall–Kier alpha value is -4.66. The number of methoxy groups -OCH3 is 3. The van der Waals surface area contributed by atoms with Crippen LogP contribution in [0.15, 0.2) is 60.8 Å². The molecule has 4 aromatic rings. The first-order chi connectivity index (χ1) is 19.6. The highest BCUT2D eigenvalue weighted by molar-refractivity contribution is 5.83. The molecule has 9 nitrogen and oxygen atoms in total. The molecular formula is C31H28N2O7. The lowest BCUT2D eigenvalue weighted by atomic mass is 9.65. The number of hydrogen-bond donors (Lipinski definition) is 1. The van der Waals surface area contributed by atoms with Gasteiger partial charge in [-0.05, 0) is 59.2 Å². The smallest absolute Gasteiger partial charge is 0.310 e. The van der Waals surface area contributed by atoms with Crippen molar-refractivity contribution in [2.45, 2.75) is 12.0 Å². The topological polar surface area (TPSA) is 97.4 Å². The summed E-state index contributed by atoms with van der Waals surface area (Å²) < 4.78 is 34.2. The minimum absolute atomic E-state index is 0.149. The van der Waals surface area contributed by atoms with Crippen LogP contribution in [0.4, 0.5) is 5.69 Å². The van der Waals surface area contributed by atoms with E-state index in [-0.39, 0.29) is 30.6 Å². The van der Waals surface area contributed by atoms with Gasteiger partial charge in [-0.2, -0.15) is 0 Å². The highest BCUT2D eigenvalue weighted by atomic mass is 16.7. The zero-order chi connectivity index (χ0) is 27.4. The summed E-state index contributed by atoms with van der Waals surface area (Å²) in [6, 6.07) is 17.7. The number of pyridine rings is 1. The normalized spacial score (nSPS) is 22.3. The maximum atomic E-state index is 13.4. The Morgan fingerprint density at radius 1 is 0.875 bits per heavy atom. The largest absolute Gasteiger partial charge is 0.493 e. The molecule has 1 N–H and O–H groups in total. The number of nitrogens with one attached hydrogen (secondary N) is 1. The molecular weight excluding hydrogens is 512 g/mol. The van der Waals surface area contributed by atoms with Crippen LogP contribution < -0.4 is 29.0 Å².